The average Bonchev–Trinajstić information content (AvgIpc) is 3.92. The number of nitrogens with one attached hydrogen (secondary N) is 2. The van der Waals surface area contributed by atoms with Crippen molar-refractivity contribution in [3.05, 3.63) is 193 Å². The highest BCUT2D eigenvalue weighted by molar-refractivity contribution is 7.86. The van der Waals surface area contributed by atoms with Gasteiger partial charge in [0.1, 0.15) is 0 Å². The lowest BCUT2D eigenvalue weighted by Crippen LogP contribution is -2.28. The highest BCUT2D eigenvalue weighted by Gasteiger charge is 2.35. The molecule has 0 spiro atoms. The Morgan fingerprint density at radius 1 is 0.492 bits per heavy atom. The van der Waals surface area contributed by atoms with Crippen molar-refractivity contribution >= 4 is 61.8 Å². The molecular weight excluding hydrogens is 798 g/mol. The lowest BCUT2D eigenvalue weighted by molar-refractivity contribution is 0.0938. The maximum absolute atomic E-state index is 12.2. The van der Waals surface area contributed by atoms with Gasteiger partial charge in [0.05, 0.1) is 13.2 Å². The number of nitrogens with zero attached hydrogens (tertiary/aromatic N) is 4. The lowest BCUT2D eigenvalue weighted by Gasteiger charge is -2.30. The Hall–Kier alpha value is -5.47. The van der Waals surface area contributed by atoms with Crippen molar-refractivity contribution in [3.63, 3.8) is 0 Å². The second-order valence-corrected chi connectivity index (χ2v) is 17.2. The van der Waals surface area contributed by atoms with E-state index in [1.165, 1.54) is 11.4 Å². The van der Waals surface area contributed by atoms with Gasteiger partial charge in [-0.3, -0.25) is 9.59 Å². The average molecular weight is 847 g/mol. The standard InChI is InChI=1S/C23H24N3O2P.C14H14ClN2P.C9H11NO2/c27-23(20-10-4-1-5-11-20)24-16-19-28-29-25(21-12-6-2-7-13-21)17-18-26(29)22-14-8-3-9-15-22;15-18-16(13-7-3-1-4-8-13)11-12-17(18)14-9-5-2-6-10-14;11-7-6-10-9(12)8-4-2-1-3-5-8/h1-15H,16-19H2,(H,24,27);1-10H,11-12H2;1-5,11H,6-7H2,(H,10,12). The van der Waals surface area contributed by atoms with Crippen LogP contribution in [0, 0.1) is 0 Å². The van der Waals surface area contributed by atoms with Gasteiger partial charge in [-0.15, -0.1) is 0 Å². The molecule has 2 amide bonds. The van der Waals surface area contributed by atoms with Crippen LogP contribution in [0.1, 0.15) is 20.7 Å². The first-order chi connectivity index (χ1) is 29.0. The van der Waals surface area contributed by atoms with Crippen LogP contribution in [0.5, 0.6) is 0 Å². The van der Waals surface area contributed by atoms with Crippen LogP contribution in [0.25, 0.3) is 0 Å². The van der Waals surface area contributed by atoms with Crippen LogP contribution >= 0.6 is 27.3 Å². The van der Waals surface area contributed by atoms with Gasteiger partial charge in [0, 0.05) is 73.1 Å². The van der Waals surface area contributed by atoms with Crippen LogP contribution < -0.4 is 29.3 Å². The van der Waals surface area contributed by atoms with Crippen LogP contribution in [0.2, 0.25) is 0 Å². The van der Waals surface area contributed by atoms with Crippen LogP contribution in [-0.4, -0.2) is 69.4 Å². The van der Waals surface area contributed by atoms with Gasteiger partial charge >= 0.3 is 0 Å². The molecule has 0 aliphatic carbocycles. The predicted octanol–water partition coefficient (Wildman–Crippen LogP) is 9.57. The Morgan fingerprint density at radius 2 is 0.797 bits per heavy atom. The SMILES string of the molecule is ClP1N(c2ccccc2)CCN1c1ccccc1.O=C(NCCO)c1ccccc1.O=C(NCCOP1N(c2ccccc2)CCN1c1ccccc1)c1ccccc1. The van der Waals surface area contributed by atoms with Crippen molar-refractivity contribution in [2.75, 3.05) is 71.2 Å². The summed E-state index contributed by atoms with van der Waals surface area (Å²) >= 11 is 6.63. The minimum Gasteiger partial charge on any atom is -0.395 e. The van der Waals surface area contributed by atoms with E-state index < -0.39 is 16.0 Å². The molecule has 2 aliphatic heterocycles. The van der Waals surface area contributed by atoms with Crippen LogP contribution in [-0.2, 0) is 4.52 Å². The summed E-state index contributed by atoms with van der Waals surface area (Å²) in [5, 5.41) is 13.9. The minimum atomic E-state index is -0.994. The normalized spacial score (nSPS) is 13.9. The summed E-state index contributed by atoms with van der Waals surface area (Å²) in [6, 6.07) is 59.6. The molecule has 0 atom stereocenters. The van der Waals surface area contributed by atoms with Crippen molar-refractivity contribution in [2.24, 2.45) is 0 Å². The third-order valence-corrected chi connectivity index (χ3v) is 14.0. The molecule has 6 aromatic carbocycles. The fourth-order valence-corrected chi connectivity index (χ4v) is 10.6. The quantitative estimate of drug-likeness (QED) is 0.0828. The molecule has 13 heteroatoms. The molecule has 0 bridgehead atoms. The molecule has 3 N–H and O–H groups in total. The first-order valence-electron chi connectivity index (χ1n) is 19.5. The van der Waals surface area contributed by atoms with Gasteiger partial charge in [0.15, 0.2) is 7.58 Å². The van der Waals surface area contributed by atoms with E-state index in [1.54, 1.807) is 24.3 Å². The summed E-state index contributed by atoms with van der Waals surface area (Å²) in [5.41, 5.74) is 6.01. The van der Waals surface area contributed by atoms with E-state index in [9.17, 15) is 9.59 Å². The molecule has 2 fully saturated rings. The third-order valence-electron chi connectivity index (χ3n) is 9.14. The number of anilines is 4. The van der Waals surface area contributed by atoms with Gasteiger partial charge in [-0.25, -0.2) is 0 Å². The second kappa shape index (κ2) is 23.2. The maximum atomic E-state index is 12.2. The molecule has 0 unspecified atom stereocenters. The molecule has 0 saturated carbocycles. The van der Waals surface area contributed by atoms with E-state index in [4.69, 9.17) is 20.9 Å². The molecule has 304 valence electrons. The largest absolute Gasteiger partial charge is 0.395 e. The number of amides is 2. The molecule has 0 radical (unpaired) electrons. The molecular formula is C46H49ClN6O4P2. The number of hydrogen-bond donors (Lipinski definition) is 3. The van der Waals surface area contributed by atoms with Crippen molar-refractivity contribution in [1.29, 1.82) is 0 Å². The first kappa shape index (κ1) is 43.1. The summed E-state index contributed by atoms with van der Waals surface area (Å²) in [4.78, 5) is 23.4. The molecule has 2 saturated heterocycles. The Morgan fingerprint density at radius 3 is 1.15 bits per heavy atom. The zero-order valence-electron chi connectivity index (χ0n) is 32.7. The molecule has 0 aromatic heterocycles. The zero-order valence-corrected chi connectivity index (χ0v) is 35.3. The van der Waals surface area contributed by atoms with Gasteiger partial charge in [-0.1, -0.05) is 109 Å². The highest BCUT2D eigenvalue weighted by atomic mass is 35.7. The summed E-state index contributed by atoms with van der Waals surface area (Å²) in [6.45, 7) is 4.96. The van der Waals surface area contributed by atoms with Crippen LogP contribution in [0.15, 0.2) is 182 Å². The van der Waals surface area contributed by atoms with Crippen molar-refractivity contribution in [1.82, 2.24) is 10.6 Å². The number of hydrogen-bond acceptors (Lipinski definition) is 8. The number of carbonyl (C=O) groups excluding carboxylic acids is 2. The summed E-state index contributed by atoms with van der Waals surface area (Å²) < 4.78 is 15.5. The summed E-state index contributed by atoms with van der Waals surface area (Å²) in [6.07, 6.45) is 0. The maximum Gasteiger partial charge on any atom is 0.251 e. The van der Waals surface area contributed by atoms with Crippen LogP contribution in [0.3, 0.4) is 0 Å². The lowest BCUT2D eigenvalue weighted by atomic mass is 10.2. The van der Waals surface area contributed by atoms with Gasteiger partial charge in [0.2, 0.25) is 8.45 Å². The smallest absolute Gasteiger partial charge is 0.251 e. The fraction of sp³-hybridized carbons (Fsp3) is 0.174. The van der Waals surface area contributed by atoms with Gasteiger partial charge in [0.25, 0.3) is 11.8 Å². The number of benzene rings is 6. The molecule has 2 aliphatic rings. The topological polar surface area (TPSA) is 101 Å². The Bertz CT molecular complexity index is 2020. The molecule has 59 heavy (non-hydrogen) atoms. The second-order valence-electron chi connectivity index (χ2n) is 13.1. The van der Waals surface area contributed by atoms with Crippen LogP contribution in [0.4, 0.5) is 22.7 Å². The van der Waals surface area contributed by atoms with E-state index in [-0.39, 0.29) is 18.4 Å². The van der Waals surface area contributed by atoms with E-state index >= 15 is 0 Å². The van der Waals surface area contributed by atoms with Crippen molar-refractivity contribution in [2.45, 2.75) is 0 Å². The third kappa shape index (κ3) is 12.5. The minimum absolute atomic E-state index is 0.0292. The van der Waals surface area contributed by atoms with Crippen molar-refractivity contribution < 1.29 is 19.2 Å². The predicted molar refractivity (Wildman–Crippen MR) is 245 cm³/mol. The highest BCUT2D eigenvalue weighted by Crippen LogP contribution is 2.56. The summed E-state index contributed by atoms with van der Waals surface area (Å²) in [7, 11) is -1.80. The van der Waals surface area contributed by atoms with E-state index in [2.05, 4.69) is 102 Å². The monoisotopic (exact) mass is 846 g/mol. The molecule has 2 heterocycles. The van der Waals surface area contributed by atoms with Gasteiger partial charge < -0.3 is 38.9 Å². The summed E-state index contributed by atoms with van der Waals surface area (Å²) in [5.74, 6) is -0.224. The molecule has 10 nitrogen and oxygen atoms in total. The Labute approximate surface area is 354 Å². The number of rotatable bonds is 12. The van der Waals surface area contributed by atoms with E-state index in [0.717, 1.165) is 37.6 Å². The Balaban J connectivity index is 0.000000165. The number of halogens is 1. The van der Waals surface area contributed by atoms with E-state index in [1.807, 2.05) is 84.9 Å². The molecule has 6 aromatic rings. The number of aliphatic hydroxyl groups excluding tert-OH is 1. The van der Waals surface area contributed by atoms with Crippen molar-refractivity contribution in [3.8, 4) is 0 Å². The van der Waals surface area contributed by atoms with Gasteiger partial charge in [-0.2, -0.15) is 0 Å². The first-order valence-corrected chi connectivity index (χ1v) is 22.8. The Kier molecular flexibility index (Phi) is 17.0. The number of para-hydroxylation sites is 4. The van der Waals surface area contributed by atoms with E-state index in [0.29, 0.717) is 30.8 Å². The fourth-order valence-electron chi connectivity index (χ4n) is 6.26. The number of carbonyl (C=O) groups is 2. The molecule has 8 rings (SSSR count). The zero-order chi connectivity index (χ0) is 41.1. The van der Waals surface area contributed by atoms with Gasteiger partial charge in [-0.05, 0) is 84.0 Å². The number of aliphatic hydroxyl groups is 1.